The Kier molecular flexibility index (Phi) is 4.81. The second-order valence-electron chi connectivity index (χ2n) is 5.59. The van der Waals surface area contributed by atoms with Crippen LogP contribution in [0.3, 0.4) is 0 Å². The molecular weight excluding hydrogens is 277 g/mol. The lowest BCUT2D eigenvalue weighted by Crippen LogP contribution is -2.39. The molecule has 3 atom stereocenters. The quantitative estimate of drug-likeness (QED) is 0.790. The van der Waals surface area contributed by atoms with Crippen LogP contribution in [-0.2, 0) is 0 Å². The molecule has 0 aliphatic heterocycles. The van der Waals surface area contributed by atoms with E-state index in [4.69, 9.17) is 23.2 Å². The van der Waals surface area contributed by atoms with Gasteiger partial charge in [0, 0.05) is 17.3 Å². The van der Waals surface area contributed by atoms with Crippen LogP contribution in [0.4, 0.5) is 0 Å². The van der Waals surface area contributed by atoms with Crippen molar-refractivity contribution in [3.05, 3.63) is 40.4 Å². The highest BCUT2D eigenvalue weighted by molar-refractivity contribution is 6.37. The summed E-state index contributed by atoms with van der Waals surface area (Å²) in [4.78, 5) is 0. The standard InChI is InChI=1S/C16H21Cl2N/c1-10-6-4-9-15(11(10)2)19-12(3)16-13(17)7-5-8-14(16)18/h5,7-8,10-11,15,19H,3-4,6,9H2,1-2H3. The van der Waals surface area contributed by atoms with E-state index in [1.165, 1.54) is 19.3 Å². The highest BCUT2D eigenvalue weighted by Gasteiger charge is 2.27. The van der Waals surface area contributed by atoms with Gasteiger partial charge in [0.25, 0.3) is 0 Å². The fourth-order valence-electron chi connectivity index (χ4n) is 2.87. The van der Waals surface area contributed by atoms with E-state index in [9.17, 15) is 0 Å². The van der Waals surface area contributed by atoms with E-state index < -0.39 is 0 Å². The molecule has 0 aromatic heterocycles. The van der Waals surface area contributed by atoms with Crippen LogP contribution in [0.1, 0.15) is 38.7 Å². The van der Waals surface area contributed by atoms with Gasteiger partial charge in [0.1, 0.15) is 0 Å². The third-order valence-corrected chi connectivity index (χ3v) is 4.96. The maximum atomic E-state index is 6.22. The number of rotatable bonds is 3. The highest BCUT2D eigenvalue weighted by atomic mass is 35.5. The molecule has 1 aliphatic rings. The number of halogens is 2. The molecule has 0 amide bonds. The maximum Gasteiger partial charge on any atom is 0.0513 e. The minimum Gasteiger partial charge on any atom is -0.382 e. The summed E-state index contributed by atoms with van der Waals surface area (Å²) in [5.74, 6) is 1.40. The first-order chi connectivity index (χ1) is 9.00. The van der Waals surface area contributed by atoms with Crippen molar-refractivity contribution in [2.24, 2.45) is 11.8 Å². The lowest BCUT2D eigenvalue weighted by atomic mass is 9.78. The van der Waals surface area contributed by atoms with Crippen LogP contribution in [0.15, 0.2) is 24.8 Å². The van der Waals surface area contributed by atoms with Crippen LogP contribution in [0.25, 0.3) is 5.70 Å². The lowest BCUT2D eigenvalue weighted by molar-refractivity contribution is 0.223. The predicted molar refractivity (Wildman–Crippen MR) is 84.6 cm³/mol. The third-order valence-electron chi connectivity index (χ3n) is 4.33. The molecule has 104 valence electrons. The molecule has 1 aliphatic carbocycles. The Morgan fingerprint density at radius 1 is 1.21 bits per heavy atom. The third kappa shape index (κ3) is 3.27. The van der Waals surface area contributed by atoms with Gasteiger partial charge in [-0.25, -0.2) is 0 Å². The Morgan fingerprint density at radius 3 is 2.47 bits per heavy atom. The number of nitrogens with one attached hydrogen (secondary N) is 1. The smallest absolute Gasteiger partial charge is 0.0513 e. The molecule has 1 aromatic rings. The van der Waals surface area contributed by atoms with Crippen molar-refractivity contribution in [3.63, 3.8) is 0 Å². The number of benzene rings is 1. The second kappa shape index (κ2) is 6.19. The van der Waals surface area contributed by atoms with Crippen molar-refractivity contribution in [2.45, 2.75) is 39.2 Å². The van der Waals surface area contributed by atoms with Crippen LogP contribution < -0.4 is 5.32 Å². The van der Waals surface area contributed by atoms with Gasteiger partial charge in [0.05, 0.1) is 10.0 Å². The summed E-state index contributed by atoms with van der Waals surface area (Å²) >= 11 is 12.4. The molecule has 0 bridgehead atoms. The average Bonchev–Trinajstić information content (AvgIpc) is 2.35. The Bertz CT molecular complexity index is 450. The Morgan fingerprint density at radius 2 is 1.84 bits per heavy atom. The van der Waals surface area contributed by atoms with E-state index >= 15 is 0 Å². The lowest BCUT2D eigenvalue weighted by Gasteiger charge is -2.36. The first-order valence-corrected chi connectivity index (χ1v) is 7.66. The minimum atomic E-state index is 0.462. The summed E-state index contributed by atoms with van der Waals surface area (Å²) in [6.07, 6.45) is 3.78. The summed E-state index contributed by atoms with van der Waals surface area (Å²) in [7, 11) is 0. The Labute approximate surface area is 126 Å². The molecule has 1 aromatic carbocycles. The molecule has 3 heteroatoms. The van der Waals surface area contributed by atoms with E-state index in [0.29, 0.717) is 22.0 Å². The molecule has 19 heavy (non-hydrogen) atoms. The monoisotopic (exact) mass is 297 g/mol. The topological polar surface area (TPSA) is 12.0 Å². The average molecular weight is 298 g/mol. The summed E-state index contributed by atoms with van der Waals surface area (Å²) in [6.45, 7) is 8.75. The molecule has 3 unspecified atom stereocenters. The normalized spacial score (nSPS) is 27.1. The van der Waals surface area contributed by atoms with Gasteiger partial charge in [-0.2, -0.15) is 0 Å². The van der Waals surface area contributed by atoms with Gasteiger partial charge in [0.2, 0.25) is 0 Å². The van der Waals surface area contributed by atoms with E-state index in [-0.39, 0.29) is 0 Å². The number of hydrogen-bond donors (Lipinski definition) is 1. The number of hydrogen-bond acceptors (Lipinski definition) is 1. The fraction of sp³-hybridized carbons (Fsp3) is 0.500. The molecule has 0 heterocycles. The van der Waals surface area contributed by atoms with Crippen LogP contribution in [0, 0.1) is 11.8 Å². The first-order valence-electron chi connectivity index (χ1n) is 6.90. The Balaban J connectivity index is 2.13. The summed E-state index contributed by atoms with van der Waals surface area (Å²) in [5, 5.41) is 4.84. The summed E-state index contributed by atoms with van der Waals surface area (Å²) in [5.41, 5.74) is 1.66. The van der Waals surface area contributed by atoms with Crippen LogP contribution in [0.2, 0.25) is 10.0 Å². The van der Waals surface area contributed by atoms with Crippen molar-refractivity contribution in [1.82, 2.24) is 5.32 Å². The SMILES string of the molecule is C=C(NC1CCCC(C)C1C)c1c(Cl)cccc1Cl. The fourth-order valence-corrected chi connectivity index (χ4v) is 3.49. The van der Waals surface area contributed by atoms with E-state index in [0.717, 1.165) is 17.2 Å². The van der Waals surface area contributed by atoms with Crippen LogP contribution >= 0.6 is 23.2 Å². The molecular formula is C16H21Cl2N. The van der Waals surface area contributed by atoms with E-state index in [1.807, 2.05) is 18.2 Å². The molecule has 0 saturated heterocycles. The van der Waals surface area contributed by atoms with Gasteiger partial charge < -0.3 is 5.32 Å². The maximum absolute atomic E-state index is 6.22. The van der Waals surface area contributed by atoms with Crippen molar-refractivity contribution in [3.8, 4) is 0 Å². The van der Waals surface area contributed by atoms with E-state index in [1.54, 1.807) is 0 Å². The van der Waals surface area contributed by atoms with Gasteiger partial charge in [0.15, 0.2) is 0 Å². The van der Waals surface area contributed by atoms with Gasteiger partial charge in [-0.3, -0.25) is 0 Å². The second-order valence-corrected chi connectivity index (χ2v) is 6.41. The van der Waals surface area contributed by atoms with Gasteiger partial charge in [-0.1, -0.05) is 62.5 Å². The van der Waals surface area contributed by atoms with Gasteiger partial charge in [-0.15, -0.1) is 0 Å². The molecule has 1 N–H and O–H groups in total. The van der Waals surface area contributed by atoms with Crippen molar-refractivity contribution in [2.75, 3.05) is 0 Å². The van der Waals surface area contributed by atoms with Crippen molar-refractivity contribution < 1.29 is 0 Å². The first kappa shape index (κ1) is 14.7. The summed E-state index contributed by atoms with van der Waals surface area (Å²) in [6, 6.07) is 6.02. The molecule has 0 radical (unpaired) electrons. The molecule has 0 spiro atoms. The molecule has 1 fully saturated rings. The molecule has 2 rings (SSSR count). The van der Waals surface area contributed by atoms with E-state index in [2.05, 4.69) is 25.7 Å². The predicted octanol–water partition coefficient (Wildman–Crippen LogP) is 5.38. The van der Waals surface area contributed by atoms with Crippen LogP contribution in [0.5, 0.6) is 0 Å². The van der Waals surface area contributed by atoms with Gasteiger partial charge in [-0.05, 0) is 30.4 Å². The zero-order chi connectivity index (χ0) is 14.0. The largest absolute Gasteiger partial charge is 0.382 e. The van der Waals surface area contributed by atoms with Gasteiger partial charge >= 0.3 is 0 Å². The zero-order valence-corrected chi connectivity index (χ0v) is 13.1. The zero-order valence-electron chi connectivity index (χ0n) is 11.5. The minimum absolute atomic E-state index is 0.462. The molecule has 1 saturated carbocycles. The summed E-state index contributed by atoms with van der Waals surface area (Å²) < 4.78 is 0. The molecule has 1 nitrogen and oxygen atoms in total. The van der Waals surface area contributed by atoms with Crippen LogP contribution in [-0.4, -0.2) is 6.04 Å². The van der Waals surface area contributed by atoms with Crippen molar-refractivity contribution in [1.29, 1.82) is 0 Å². The van der Waals surface area contributed by atoms with Crippen molar-refractivity contribution >= 4 is 28.9 Å². The Hall–Kier alpha value is -0.660. The highest BCUT2D eigenvalue weighted by Crippen LogP contribution is 2.33.